The predicted molar refractivity (Wildman–Crippen MR) is 87.4 cm³/mol. The van der Waals surface area contributed by atoms with Gasteiger partial charge in [0.25, 0.3) is 0 Å². The summed E-state index contributed by atoms with van der Waals surface area (Å²) in [5, 5.41) is 3.66. The molecule has 0 aliphatic carbocycles. The molecule has 0 aliphatic heterocycles. The van der Waals surface area contributed by atoms with Crippen LogP contribution in [0.15, 0.2) is 24.3 Å². The van der Waals surface area contributed by atoms with Crippen molar-refractivity contribution in [2.45, 2.75) is 53.0 Å². The minimum absolute atomic E-state index is 0.186. The standard InChI is InChI=1S/C18H31NO/c1-7-14(2)16(13-19-18(3,4)5)12-15-8-10-17(20-6)11-9-15/h8-11,14,16,19H,7,12-13H2,1-6H3. The van der Waals surface area contributed by atoms with Gasteiger partial charge in [-0.05, 0) is 63.3 Å². The number of ether oxygens (including phenoxy) is 1. The molecule has 2 nitrogen and oxygen atoms in total. The molecule has 2 unspecified atom stereocenters. The fraction of sp³-hybridized carbons (Fsp3) is 0.667. The lowest BCUT2D eigenvalue weighted by Gasteiger charge is -2.29. The average molecular weight is 277 g/mol. The van der Waals surface area contributed by atoms with Crippen molar-refractivity contribution in [3.63, 3.8) is 0 Å². The van der Waals surface area contributed by atoms with Crippen LogP contribution < -0.4 is 10.1 Å². The molecule has 0 bridgehead atoms. The number of methoxy groups -OCH3 is 1. The molecule has 0 fully saturated rings. The summed E-state index contributed by atoms with van der Waals surface area (Å²) in [6, 6.07) is 8.48. The van der Waals surface area contributed by atoms with Gasteiger partial charge in [0.05, 0.1) is 7.11 Å². The van der Waals surface area contributed by atoms with Crippen LogP contribution in [0.4, 0.5) is 0 Å². The monoisotopic (exact) mass is 277 g/mol. The van der Waals surface area contributed by atoms with Crippen molar-refractivity contribution in [1.29, 1.82) is 0 Å². The van der Waals surface area contributed by atoms with Crippen LogP contribution in [0.3, 0.4) is 0 Å². The average Bonchev–Trinajstić information content (AvgIpc) is 2.42. The van der Waals surface area contributed by atoms with Crippen LogP contribution in [0.5, 0.6) is 5.75 Å². The van der Waals surface area contributed by atoms with Gasteiger partial charge in [0.1, 0.15) is 5.75 Å². The van der Waals surface area contributed by atoms with E-state index in [4.69, 9.17) is 4.74 Å². The quantitative estimate of drug-likeness (QED) is 0.803. The maximum absolute atomic E-state index is 5.22. The molecule has 1 N–H and O–H groups in total. The summed E-state index contributed by atoms with van der Waals surface area (Å²) >= 11 is 0. The zero-order chi connectivity index (χ0) is 15.2. The first-order valence-corrected chi connectivity index (χ1v) is 7.73. The van der Waals surface area contributed by atoms with E-state index < -0.39 is 0 Å². The number of nitrogens with one attached hydrogen (secondary N) is 1. The normalized spacial score (nSPS) is 14.9. The van der Waals surface area contributed by atoms with Crippen LogP contribution in [0, 0.1) is 11.8 Å². The maximum Gasteiger partial charge on any atom is 0.118 e. The Morgan fingerprint density at radius 2 is 1.75 bits per heavy atom. The summed E-state index contributed by atoms with van der Waals surface area (Å²) in [6.07, 6.45) is 2.36. The second-order valence-corrected chi connectivity index (χ2v) is 6.83. The number of benzene rings is 1. The largest absolute Gasteiger partial charge is 0.497 e. The molecule has 20 heavy (non-hydrogen) atoms. The molecule has 0 radical (unpaired) electrons. The van der Waals surface area contributed by atoms with Gasteiger partial charge >= 0.3 is 0 Å². The van der Waals surface area contributed by atoms with Crippen LogP contribution >= 0.6 is 0 Å². The molecule has 2 atom stereocenters. The third kappa shape index (κ3) is 5.96. The van der Waals surface area contributed by atoms with E-state index in [1.165, 1.54) is 12.0 Å². The minimum Gasteiger partial charge on any atom is -0.497 e. The molecular weight excluding hydrogens is 246 g/mol. The lowest BCUT2D eigenvalue weighted by atomic mass is 9.85. The lowest BCUT2D eigenvalue weighted by Crippen LogP contribution is -2.41. The van der Waals surface area contributed by atoms with E-state index in [0.717, 1.165) is 24.6 Å². The van der Waals surface area contributed by atoms with Gasteiger partial charge in [-0.15, -0.1) is 0 Å². The molecule has 0 aromatic heterocycles. The zero-order valence-electron chi connectivity index (χ0n) is 14.0. The van der Waals surface area contributed by atoms with Crippen molar-refractivity contribution in [1.82, 2.24) is 5.32 Å². The van der Waals surface area contributed by atoms with Gasteiger partial charge in [-0.3, -0.25) is 0 Å². The van der Waals surface area contributed by atoms with Crippen molar-refractivity contribution in [3.8, 4) is 5.75 Å². The third-order valence-corrected chi connectivity index (χ3v) is 4.00. The Kier molecular flexibility index (Phi) is 6.54. The molecule has 0 heterocycles. The van der Waals surface area contributed by atoms with E-state index in [9.17, 15) is 0 Å². The highest BCUT2D eigenvalue weighted by atomic mass is 16.5. The van der Waals surface area contributed by atoms with Crippen molar-refractivity contribution >= 4 is 0 Å². The van der Waals surface area contributed by atoms with Gasteiger partial charge in [0.2, 0.25) is 0 Å². The molecule has 0 saturated carbocycles. The van der Waals surface area contributed by atoms with Crippen LogP contribution in [0.25, 0.3) is 0 Å². The predicted octanol–water partition coefficient (Wildman–Crippen LogP) is 4.29. The van der Waals surface area contributed by atoms with E-state index in [2.05, 4.69) is 64.2 Å². The van der Waals surface area contributed by atoms with Gasteiger partial charge in [-0.25, -0.2) is 0 Å². The molecule has 0 aliphatic rings. The Labute approximate surface area is 124 Å². The van der Waals surface area contributed by atoms with Crippen molar-refractivity contribution in [2.24, 2.45) is 11.8 Å². The van der Waals surface area contributed by atoms with E-state index in [-0.39, 0.29) is 5.54 Å². The topological polar surface area (TPSA) is 21.3 Å². The molecular formula is C18H31NO. The maximum atomic E-state index is 5.22. The SMILES string of the molecule is CCC(C)C(CNC(C)(C)C)Cc1ccc(OC)cc1. The Balaban J connectivity index is 2.67. The summed E-state index contributed by atoms with van der Waals surface area (Å²) in [5.41, 5.74) is 1.58. The highest BCUT2D eigenvalue weighted by molar-refractivity contribution is 5.27. The summed E-state index contributed by atoms with van der Waals surface area (Å²) in [7, 11) is 1.71. The highest BCUT2D eigenvalue weighted by Crippen LogP contribution is 2.22. The van der Waals surface area contributed by atoms with Gasteiger partial charge < -0.3 is 10.1 Å². The molecule has 0 spiro atoms. The van der Waals surface area contributed by atoms with Gasteiger partial charge in [-0.1, -0.05) is 32.4 Å². The minimum atomic E-state index is 0.186. The fourth-order valence-electron chi connectivity index (χ4n) is 2.31. The Morgan fingerprint density at radius 1 is 1.15 bits per heavy atom. The molecule has 0 saturated heterocycles. The third-order valence-electron chi connectivity index (χ3n) is 4.00. The Hall–Kier alpha value is -1.02. The van der Waals surface area contributed by atoms with E-state index in [0.29, 0.717) is 5.92 Å². The number of hydrogen-bond donors (Lipinski definition) is 1. The van der Waals surface area contributed by atoms with Crippen molar-refractivity contribution < 1.29 is 4.74 Å². The van der Waals surface area contributed by atoms with E-state index in [1.807, 2.05) is 0 Å². The van der Waals surface area contributed by atoms with Crippen LogP contribution in [0.2, 0.25) is 0 Å². The zero-order valence-corrected chi connectivity index (χ0v) is 14.0. The first-order chi connectivity index (χ1) is 9.35. The van der Waals surface area contributed by atoms with E-state index in [1.54, 1.807) is 7.11 Å². The number of hydrogen-bond acceptors (Lipinski definition) is 2. The van der Waals surface area contributed by atoms with Gasteiger partial charge in [0.15, 0.2) is 0 Å². The van der Waals surface area contributed by atoms with Gasteiger partial charge in [0, 0.05) is 5.54 Å². The molecule has 1 aromatic carbocycles. The highest BCUT2D eigenvalue weighted by Gasteiger charge is 2.19. The lowest BCUT2D eigenvalue weighted by molar-refractivity contribution is 0.292. The van der Waals surface area contributed by atoms with E-state index >= 15 is 0 Å². The summed E-state index contributed by atoms with van der Waals surface area (Å²) in [4.78, 5) is 0. The first-order valence-electron chi connectivity index (χ1n) is 7.73. The summed E-state index contributed by atoms with van der Waals surface area (Å²) < 4.78 is 5.22. The first kappa shape index (κ1) is 17.0. The van der Waals surface area contributed by atoms with Crippen LogP contribution in [0.1, 0.15) is 46.6 Å². The van der Waals surface area contributed by atoms with Crippen LogP contribution in [-0.4, -0.2) is 19.2 Å². The fourth-order valence-corrected chi connectivity index (χ4v) is 2.31. The van der Waals surface area contributed by atoms with Crippen LogP contribution in [-0.2, 0) is 6.42 Å². The smallest absolute Gasteiger partial charge is 0.118 e. The second-order valence-electron chi connectivity index (χ2n) is 6.83. The van der Waals surface area contributed by atoms with Crippen molar-refractivity contribution in [3.05, 3.63) is 29.8 Å². The molecule has 0 amide bonds. The molecule has 2 heteroatoms. The summed E-state index contributed by atoms with van der Waals surface area (Å²) in [5.74, 6) is 2.33. The molecule has 1 aromatic rings. The molecule has 114 valence electrons. The Bertz CT molecular complexity index is 377. The van der Waals surface area contributed by atoms with Gasteiger partial charge in [-0.2, -0.15) is 0 Å². The second kappa shape index (κ2) is 7.68. The summed E-state index contributed by atoms with van der Waals surface area (Å²) in [6.45, 7) is 12.4. The number of rotatable bonds is 7. The molecule has 1 rings (SSSR count). The van der Waals surface area contributed by atoms with Crippen molar-refractivity contribution in [2.75, 3.05) is 13.7 Å². The Morgan fingerprint density at radius 3 is 2.20 bits per heavy atom.